The first kappa shape index (κ1) is 49.8. The van der Waals surface area contributed by atoms with E-state index in [4.69, 9.17) is 9.47 Å². The van der Waals surface area contributed by atoms with Crippen LogP contribution in [0.25, 0.3) is 21.5 Å². The standard InChI is InChI=1S/2C20H21N3O5S.Co.Na/c2*1-28-12-4-11-21-29(26,27)15-8-10-18(24)17(13-15)22-23-20-16-6-3-2-5-14(16)7-9-19(20)25;;/h2*2-3,5-10,13,21,24-25H,4,11-12H2,1H3;;/q;;+3;+1/p-4. The van der Waals surface area contributed by atoms with Gasteiger partial charge in [-0.25, -0.2) is 26.3 Å². The summed E-state index contributed by atoms with van der Waals surface area (Å²) in [4.78, 5) is -0.215. The van der Waals surface area contributed by atoms with E-state index in [1.165, 1.54) is 38.5 Å². The molecule has 60 heavy (non-hydrogen) atoms. The minimum Gasteiger partial charge on any atom is -0.871 e. The van der Waals surface area contributed by atoms with Gasteiger partial charge in [-0.05, 0) is 47.9 Å². The number of fused-ring (bicyclic) bond motifs is 2. The number of nitrogens with zero attached hydrogens (tertiary/aromatic N) is 4. The molecule has 0 aliphatic heterocycles. The van der Waals surface area contributed by atoms with E-state index >= 15 is 0 Å². The molecule has 2 N–H and O–H groups in total. The number of nitrogens with one attached hydrogen (secondary N) is 2. The Morgan fingerprint density at radius 3 is 1.27 bits per heavy atom. The first-order valence-electron chi connectivity index (χ1n) is 17.6. The summed E-state index contributed by atoms with van der Waals surface area (Å²) in [5, 5.41) is 67.0. The average molecular weight is 909 g/mol. The number of methoxy groups -OCH3 is 2. The Balaban J connectivity index is 0.000000310. The number of benzene rings is 6. The Hall–Kier alpha value is -4.51. The van der Waals surface area contributed by atoms with Crippen molar-refractivity contribution < 1.29 is 93.1 Å². The van der Waals surface area contributed by atoms with Crippen LogP contribution < -0.4 is 59.4 Å². The summed E-state index contributed by atoms with van der Waals surface area (Å²) in [5.74, 6) is -1.69. The zero-order valence-corrected chi connectivity index (χ0v) is 37.3. The largest absolute Gasteiger partial charge is 3.00 e. The molecule has 0 aromatic heterocycles. The van der Waals surface area contributed by atoms with E-state index in [0.29, 0.717) is 36.8 Å². The molecule has 6 aromatic rings. The van der Waals surface area contributed by atoms with E-state index in [9.17, 15) is 37.3 Å². The van der Waals surface area contributed by atoms with E-state index in [1.807, 2.05) is 24.3 Å². The number of hydrogen-bond donors (Lipinski definition) is 2. The zero-order valence-electron chi connectivity index (χ0n) is 32.7. The molecule has 0 fully saturated rings. The summed E-state index contributed by atoms with van der Waals surface area (Å²) >= 11 is 0. The molecule has 0 amide bonds. The van der Waals surface area contributed by atoms with Crippen LogP contribution in [0, 0.1) is 0 Å². The van der Waals surface area contributed by atoms with Crippen LogP contribution in [0.3, 0.4) is 0 Å². The molecule has 0 aliphatic rings. The Morgan fingerprint density at radius 1 is 0.517 bits per heavy atom. The van der Waals surface area contributed by atoms with Crippen LogP contribution in [0.2, 0.25) is 0 Å². The molecule has 6 rings (SSSR count). The van der Waals surface area contributed by atoms with Crippen molar-refractivity contribution in [3.05, 3.63) is 109 Å². The molecule has 20 heteroatoms. The maximum atomic E-state index is 12.4. The fourth-order valence-corrected chi connectivity index (χ4v) is 7.57. The minimum absolute atomic E-state index is 0. The molecular weight excluding hydrogens is 871 g/mol. The molecule has 0 spiro atoms. The van der Waals surface area contributed by atoms with Gasteiger partial charge in [0.05, 0.1) is 32.5 Å². The van der Waals surface area contributed by atoms with Crippen LogP contribution in [0.4, 0.5) is 22.7 Å². The van der Waals surface area contributed by atoms with E-state index in [2.05, 4.69) is 29.9 Å². The summed E-state index contributed by atoms with van der Waals surface area (Å²) < 4.78 is 64.2. The molecule has 0 saturated heterocycles. The predicted molar refractivity (Wildman–Crippen MR) is 210 cm³/mol. The molecule has 0 bridgehead atoms. The van der Waals surface area contributed by atoms with Crippen molar-refractivity contribution in [1.29, 1.82) is 0 Å². The minimum atomic E-state index is -3.81. The second-order valence-corrected chi connectivity index (χ2v) is 15.9. The Labute approximate surface area is 380 Å². The van der Waals surface area contributed by atoms with Crippen molar-refractivity contribution in [3.63, 3.8) is 0 Å². The fraction of sp³-hybridized carbons (Fsp3) is 0.200. The normalized spacial score (nSPS) is 11.6. The molecule has 0 unspecified atom stereocenters. The first-order valence-corrected chi connectivity index (χ1v) is 20.6. The van der Waals surface area contributed by atoms with Gasteiger partial charge in [-0.15, -0.1) is 0 Å². The van der Waals surface area contributed by atoms with Gasteiger partial charge < -0.3 is 29.9 Å². The van der Waals surface area contributed by atoms with Crippen molar-refractivity contribution >= 4 is 64.3 Å². The van der Waals surface area contributed by atoms with Gasteiger partial charge in [-0.1, -0.05) is 108 Å². The maximum Gasteiger partial charge on any atom is 3.00 e. The van der Waals surface area contributed by atoms with Gasteiger partial charge in [-0.3, -0.25) is 0 Å². The summed E-state index contributed by atoms with van der Waals surface area (Å²) in [5.41, 5.74) is -0.156. The predicted octanol–water partition coefficient (Wildman–Crippen LogP) is 2.44. The molecule has 0 saturated carbocycles. The zero-order chi connectivity index (χ0) is 41.7. The molecular formula is C40H38CoN6NaO10S2. The summed E-state index contributed by atoms with van der Waals surface area (Å²) in [7, 11) is -4.57. The van der Waals surface area contributed by atoms with Crippen molar-refractivity contribution in [1.82, 2.24) is 9.44 Å². The van der Waals surface area contributed by atoms with Gasteiger partial charge in [0, 0.05) is 51.3 Å². The van der Waals surface area contributed by atoms with Crippen LogP contribution in [0.1, 0.15) is 12.8 Å². The van der Waals surface area contributed by atoms with Gasteiger partial charge in [0.1, 0.15) is 0 Å². The van der Waals surface area contributed by atoms with Gasteiger partial charge in [0.25, 0.3) is 0 Å². The van der Waals surface area contributed by atoms with Gasteiger partial charge in [-0.2, -0.15) is 20.5 Å². The topological polar surface area (TPSA) is 252 Å². The molecule has 16 nitrogen and oxygen atoms in total. The van der Waals surface area contributed by atoms with Crippen LogP contribution in [0.5, 0.6) is 23.0 Å². The smallest absolute Gasteiger partial charge is 0.871 e. The van der Waals surface area contributed by atoms with Crippen LogP contribution in [0.15, 0.2) is 139 Å². The quantitative estimate of drug-likeness (QED) is 0.0815. The van der Waals surface area contributed by atoms with E-state index in [1.54, 1.807) is 36.4 Å². The van der Waals surface area contributed by atoms with Crippen molar-refractivity contribution in [3.8, 4) is 23.0 Å². The molecule has 0 radical (unpaired) electrons. The first-order chi connectivity index (χ1) is 27.8. The fourth-order valence-electron chi connectivity index (χ4n) is 5.38. The maximum absolute atomic E-state index is 12.4. The third kappa shape index (κ3) is 13.2. The summed E-state index contributed by atoms with van der Waals surface area (Å²) in [6.07, 6.45) is 1.02. The number of azo groups is 2. The van der Waals surface area contributed by atoms with Crippen molar-refractivity contribution in [2.24, 2.45) is 20.5 Å². The Morgan fingerprint density at radius 2 is 0.883 bits per heavy atom. The Bertz CT molecular complexity index is 2490. The average Bonchev–Trinajstić information content (AvgIpc) is 3.21. The van der Waals surface area contributed by atoms with E-state index in [-0.39, 0.29) is 103 Å². The van der Waals surface area contributed by atoms with Gasteiger partial charge in [0.2, 0.25) is 20.0 Å². The third-order valence-electron chi connectivity index (χ3n) is 8.36. The second kappa shape index (κ2) is 23.5. The number of ether oxygens (including phenoxy) is 2. The molecule has 310 valence electrons. The number of sulfonamides is 2. The van der Waals surface area contributed by atoms with Crippen molar-refractivity contribution in [2.75, 3.05) is 40.5 Å². The second-order valence-electron chi connectivity index (χ2n) is 12.4. The third-order valence-corrected chi connectivity index (χ3v) is 11.3. The van der Waals surface area contributed by atoms with Crippen molar-refractivity contribution in [2.45, 2.75) is 22.6 Å². The summed E-state index contributed by atoms with van der Waals surface area (Å²) in [6.45, 7) is 1.23. The monoisotopic (exact) mass is 908 g/mol. The van der Waals surface area contributed by atoms with Gasteiger partial charge in [0.15, 0.2) is 0 Å². The number of rotatable bonds is 16. The SMILES string of the molecule is COCCCNS(=O)(=O)c1ccc([O-])c(N=Nc2c([O-])ccc3ccccc23)c1.COCCCNS(=O)(=O)c1ccc([O-])c(N=Nc2c([O-])ccc3ccccc23)c1.[Co+3].[Na+]. The molecule has 0 heterocycles. The van der Waals surface area contributed by atoms with Crippen LogP contribution >= 0.6 is 0 Å². The molecule has 0 aliphatic carbocycles. The molecule has 6 aromatic carbocycles. The van der Waals surface area contributed by atoms with E-state index in [0.717, 1.165) is 35.0 Å². The summed E-state index contributed by atoms with van der Waals surface area (Å²) in [6, 6.07) is 27.3. The number of hydrogen-bond acceptors (Lipinski definition) is 14. The Kier molecular flexibility index (Phi) is 19.5. The van der Waals surface area contributed by atoms with Crippen LogP contribution in [-0.4, -0.2) is 57.4 Å². The van der Waals surface area contributed by atoms with E-state index < -0.39 is 31.5 Å². The van der Waals surface area contributed by atoms with Crippen LogP contribution in [-0.2, 0) is 46.3 Å². The van der Waals surface area contributed by atoms with Gasteiger partial charge >= 0.3 is 46.3 Å². The molecule has 0 atom stereocenters.